The summed E-state index contributed by atoms with van der Waals surface area (Å²) < 4.78 is 0. The monoisotopic (exact) mass is 193 g/mol. The van der Waals surface area contributed by atoms with Gasteiger partial charge in [0.15, 0.2) is 0 Å². The average Bonchev–Trinajstić information content (AvgIpc) is 2.66. The number of rotatable bonds is 2. The Kier molecular flexibility index (Phi) is 1.68. The van der Waals surface area contributed by atoms with Crippen LogP contribution in [0.25, 0.3) is 0 Å². The van der Waals surface area contributed by atoms with Crippen LogP contribution in [-0.2, 0) is 0 Å². The molecule has 0 aromatic carbocycles. The zero-order chi connectivity index (χ0) is 9.97. The van der Waals surface area contributed by atoms with E-state index in [0.717, 1.165) is 17.8 Å². The summed E-state index contributed by atoms with van der Waals surface area (Å²) >= 11 is 0. The summed E-state index contributed by atoms with van der Waals surface area (Å²) in [6.07, 6.45) is 8.55. The van der Waals surface area contributed by atoms with Crippen LogP contribution in [0, 0.1) is 23.2 Å². The topological polar surface area (TPSA) is 26.0 Å². The van der Waals surface area contributed by atoms with E-state index in [-0.39, 0.29) is 5.54 Å². The minimum Gasteiger partial charge on any atom is -0.325 e. The van der Waals surface area contributed by atoms with Crippen molar-refractivity contribution >= 4 is 0 Å². The summed E-state index contributed by atoms with van der Waals surface area (Å²) in [6.45, 7) is 4.87. The highest BCUT2D eigenvalue weighted by Gasteiger charge is 2.58. The average molecular weight is 193 g/mol. The molecule has 0 spiro atoms. The number of fused-ring (bicyclic) bond motifs is 2. The van der Waals surface area contributed by atoms with Crippen LogP contribution in [0.3, 0.4) is 0 Å². The summed E-state index contributed by atoms with van der Waals surface area (Å²) in [5, 5.41) is 0. The molecular formula is C13H23N. The van der Waals surface area contributed by atoms with Gasteiger partial charge in [0, 0.05) is 5.54 Å². The molecule has 1 heteroatoms. The van der Waals surface area contributed by atoms with E-state index in [1.807, 2.05) is 0 Å². The molecule has 0 aromatic heterocycles. The van der Waals surface area contributed by atoms with Gasteiger partial charge in [-0.1, -0.05) is 20.3 Å². The van der Waals surface area contributed by atoms with Crippen molar-refractivity contribution in [3.63, 3.8) is 0 Å². The standard InChI is InChI=1S/C13H23N/c1-12(2,13(14)5-6-13)11-8-9-3-4-10(11)7-9/h9-11H,3-8,14H2,1-2H3. The van der Waals surface area contributed by atoms with E-state index < -0.39 is 0 Å². The third-order valence-corrected chi connectivity index (χ3v) is 5.74. The highest BCUT2D eigenvalue weighted by atomic mass is 14.9. The molecule has 0 radical (unpaired) electrons. The predicted octanol–water partition coefficient (Wildman–Crippen LogP) is 2.94. The Morgan fingerprint density at radius 1 is 1.14 bits per heavy atom. The van der Waals surface area contributed by atoms with Gasteiger partial charge in [-0.15, -0.1) is 0 Å². The van der Waals surface area contributed by atoms with Crippen molar-refractivity contribution in [1.29, 1.82) is 0 Å². The van der Waals surface area contributed by atoms with Crippen LogP contribution in [0.1, 0.15) is 52.4 Å². The minimum atomic E-state index is 0.210. The van der Waals surface area contributed by atoms with E-state index in [0.29, 0.717) is 5.41 Å². The molecule has 3 unspecified atom stereocenters. The van der Waals surface area contributed by atoms with Crippen LogP contribution < -0.4 is 5.73 Å². The van der Waals surface area contributed by atoms with Crippen LogP contribution in [0.15, 0.2) is 0 Å². The third kappa shape index (κ3) is 1.05. The SMILES string of the molecule is CC(C)(C1CC2CCC1C2)C1(N)CC1. The lowest BCUT2D eigenvalue weighted by Gasteiger charge is -2.42. The Balaban J connectivity index is 1.82. The second-order valence-electron chi connectivity index (χ2n) is 6.66. The van der Waals surface area contributed by atoms with E-state index >= 15 is 0 Å². The zero-order valence-corrected chi connectivity index (χ0v) is 9.55. The maximum atomic E-state index is 6.44. The van der Waals surface area contributed by atoms with Crippen LogP contribution >= 0.6 is 0 Å². The zero-order valence-electron chi connectivity index (χ0n) is 9.55. The van der Waals surface area contributed by atoms with Gasteiger partial charge in [0.05, 0.1) is 0 Å². The Bertz CT molecular complexity index is 252. The second-order valence-corrected chi connectivity index (χ2v) is 6.66. The molecule has 80 valence electrons. The van der Waals surface area contributed by atoms with Gasteiger partial charge in [-0.25, -0.2) is 0 Å². The molecule has 3 atom stereocenters. The fraction of sp³-hybridized carbons (Fsp3) is 1.00. The smallest absolute Gasteiger partial charge is 0.0210 e. The van der Waals surface area contributed by atoms with Crippen LogP contribution in [0.4, 0.5) is 0 Å². The number of nitrogens with two attached hydrogens (primary N) is 1. The van der Waals surface area contributed by atoms with Gasteiger partial charge in [-0.05, 0) is 55.3 Å². The predicted molar refractivity (Wildman–Crippen MR) is 58.9 cm³/mol. The molecule has 0 heterocycles. The highest BCUT2D eigenvalue weighted by Crippen LogP contribution is 2.61. The Labute approximate surface area is 87.4 Å². The Morgan fingerprint density at radius 3 is 2.29 bits per heavy atom. The van der Waals surface area contributed by atoms with Crippen molar-refractivity contribution in [2.45, 2.75) is 57.9 Å². The maximum absolute atomic E-state index is 6.44. The summed E-state index contributed by atoms with van der Waals surface area (Å²) in [5.74, 6) is 3.02. The first-order valence-electron chi connectivity index (χ1n) is 6.32. The first kappa shape index (κ1) is 9.21. The van der Waals surface area contributed by atoms with Crippen LogP contribution in [-0.4, -0.2) is 5.54 Å². The van der Waals surface area contributed by atoms with Crippen molar-refractivity contribution in [3.8, 4) is 0 Å². The van der Waals surface area contributed by atoms with E-state index in [4.69, 9.17) is 5.73 Å². The molecule has 2 bridgehead atoms. The number of hydrogen-bond donors (Lipinski definition) is 1. The molecule has 1 nitrogen and oxygen atoms in total. The van der Waals surface area contributed by atoms with E-state index in [9.17, 15) is 0 Å². The van der Waals surface area contributed by atoms with E-state index in [2.05, 4.69) is 13.8 Å². The van der Waals surface area contributed by atoms with E-state index in [1.54, 1.807) is 0 Å². The summed E-state index contributed by atoms with van der Waals surface area (Å²) in [6, 6.07) is 0. The van der Waals surface area contributed by atoms with E-state index in [1.165, 1.54) is 38.5 Å². The second kappa shape index (κ2) is 2.55. The lowest BCUT2D eigenvalue weighted by atomic mass is 9.65. The largest absolute Gasteiger partial charge is 0.325 e. The van der Waals surface area contributed by atoms with Crippen LogP contribution in [0.5, 0.6) is 0 Å². The van der Waals surface area contributed by atoms with Gasteiger partial charge in [0.25, 0.3) is 0 Å². The molecule has 3 fully saturated rings. The molecule has 0 aromatic rings. The third-order valence-electron chi connectivity index (χ3n) is 5.74. The van der Waals surface area contributed by atoms with Gasteiger partial charge >= 0.3 is 0 Å². The first-order valence-corrected chi connectivity index (χ1v) is 6.32. The lowest BCUT2D eigenvalue weighted by molar-refractivity contribution is 0.0975. The molecule has 3 saturated carbocycles. The van der Waals surface area contributed by atoms with Crippen molar-refractivity contribution in [1.82, 2.24) is 0 Å². The number of hydrogen-bond acceptors (Lipinski definition) is 1. The van der Waals surface area contributed by atoms with Gasteiger partial charge in [0.1, 0.15) is 0 Å². The minimum absolute atomic E-state index is 0.210. The molecule has 0 amide bonds. The summed E-state index contributed by atoms with van der Waals surface area (Å²) in [5.41, 5.74) is 7.06. The van der Waals surface area contributed by atoms with Gasteiger partial charge in [0.2, 0.25) is 0 Å². The normalized spacial score (nSPS) is 44.4. The molecule has 2 N–H and O–H groups in total. The maximum Gasteiger partial charge on any atom is 0.0210 e. The molecule has 3 aliphatic carbocycles. The first-order chi connectivity index (χ1) is 6.53. The summed E-state index contributed by atoms with van der Waals surface area (Å²) in [4.78, 5) is 0. The molecule has 0 aliphatic heterocycles. The van der Waals surface area contributed by atoms with Crippen molar-refractivity contribution in [3.05, 3.63) is 0 Å². The van der Waals surface area contributed by atoms with Crippen molar-refractivity contribution < 1.29 is 0 Å². The van der Waals surface area contributed by atoms with Crippen LogP contribution in [0.2, 0.25) is 0 Å². The van der Waals surface area contributed by atoms with Gasteiger partial charge < -0.3 is 5.73 Å². The molecular weight excluding hydrogens is 170 g/mol. The van der Waals surface area contributed by atoms with Gasteiger partial charge in [-0.2, -0.15) is 0 Å². The highest BCUT2D eigenvalue weighted by molar-refractivity contribution is 5.13. The molecule has 3 rings (SSSR count). The quantitative estimate of drug-likeness (QED) is 0.717. The molecule has 3 aliphatic rings. The van der Waals surface area contributed by atoms with Crippen molar-refractivity contribution in [2.24, 2.45) is 28.9 Å². The Hall–Kier alpha value is -0.0400. The lowest BCUT2D eigenvalue weighted by Crippen LogP contribution is -2.46. The fourth-order valence-electron chi connectivity index (χ4n) is 4.28. The fourth-order valence-corrected chi connectivity index (χ4v) is 4.28. The summed E-state index contributed by atoms with van der Waals surface area (Å²) in [7, 11) is 0. The van der Waals surface area contributed by atoms with Gasteiger partial charge in [-0.3, -0.25) is 0 Å². The van der Waals surface area contributed by atoms with Crippen molar-refractivity contribution in [2.75, 3.05) is 0 Å². The Morgan fingerprint density at radius 2 is 1.86 bits per heavy atom. The molecule has 0 saturated heterocycles. The molecule has 14 heavy (non-hydrogen) atoms.